The molecule has 0 radical (unpaired) electrons. The quantitative estimate of drug-likeness (QED) is 0.501. The van der Waals surface area contributed by atoms with Gasteiger partial charge in [0, 0.05) is 5.69 Å². The van der Waals surface area contributed by atoms with Gasteiger partial charge < -0.3 is 5.73 Å². The molecule has 3 N–H and O–H groups in total. The molecule has 0 bridgehead atoms. The van der Waals surface area contributed by atoms with E-state index in [0.717, 1.165) is 12.1 Å². The van der Waals surface area contributed by atoms with Crippen molar-refractivity contribution in [3.63, 3.8) is 0 Å². The van der Waals surface area contributed by atoms with Gasteiger partial charge >= 0.3 is 0 Å². The first-order valence-corrected chi connectivity index (χ1v) is 4.66. The van der Waals surface area contributed by atoms with E-state index < -0.39 is 10.1 Å². The van der Waals surface area contributed by atoms with Crippen molar-refractivity contribution in [1.82, 2.24) is 0 Å². The fourth-order valence-electron chi connectivity index (χ4n) is 0.793. The maximum absolute atomic E-state index is 10.6. The van der Waals surface area contributed by atoms with Crippen LogP contribution in [0.2, 0.25) is 0 Å². The number of nitriles is 1. The van der Waals surface area contributed by atoms with Gasteiger partial charge in [0.15, 0.2) is 0 Å². The van der Waals surface area contributed by atoms with Crippen LogP contribution < -0.4 is 5.73 Å². The molecular weight excluding hydrogens is 192 g/mol. The topological polar surface area (TPSA) is 104 Å². The largest absolute Gasteiger partial charge is 0.398 e. The van der Waals surface area contributed by atoms with E-state index in [9.17, 15) is 8.42 Å². The summed E-state index contributed by atoms with van der Waals surface area (Å²) < 4.78 is 29.9. The van der Waals surface area contributed by atoms with Crippen LogP contribution in [0.3, 0.4) is 0 Å². The molecule has 13 heavy (non-hydrogen) atoms. The molecule has 1 rings (SSSR count). The number of nitrogens with zero attached hydrogens (tertiary/aromatic N) is 1. The smallest absolute Gasteiger partial charge is 0.294 e. The second kappa shape index (κ2) is 3.05. The normalized spacial score (nSPS) is 10.8. The maximum Gasteiger partial charge on any atom is 0.294 e. The van der Waals surface area contributed by atoms with E-state index in [1.807, 2.05) is 0 Å². The maximum atomic E-state index is 10.6. The van der Waals surface area contributed by atoms with Crippen LogP contribution in [-0.4, -0.2) is 13.0 Å². The van der Waals surface area contributed by atoms with E-state index in [2.05, 4.69) is 0 Å². The molecule has 0 saturated heterocycles. The summed E-state index contributed by atoms with van der Waals surface area (Å²) in [6.45, 7) is 0. The van der Waals surface area contributed by atoms with Gasteiger partial charge in [0.05, 0.1) is 10.5 Å². The van der Waals surface area contributed by atoms with E-state index in [4.69, 9.17) is 15.5 Å². The highest BCUT2D eigenvalue weighted by Crippen LogP contribution is 2.16. The van der Waals surface area contributed by atoms with E-state index in [0.29, 0.717) is 0 Å². The minimum absolute atomic E-state index is 0.0233. The van der Waals surface area contributed by atoms with Crippen molar-refractivity contribution < 1.29 is 13.0 Å². The van der Waals surface area contributed by atoms with Crippen molar-refractivity contribution >= 4 is 15.8 Å². The van der Waals surface area contributed by atoms with Crippen LogP contribution in [0.1, 0.15) is 5.56 Å². The zero-order chi connectivity index (χ0) is 10.1. The Kier molecular flexibility index (Phi) is 2.23. The highest BCUT2D eigenvalue weighted by molar-refractivity contribution is 7.85. The predicted octanol–water partition coefficient (Wildman–Crippen LogP) is 0.387. The third kappa shape index (κ3) is 1.96. The van der Waals surface area contributed by atoms with Crippen molar-refractivity contribution in [3.05, 3.63) is 23.8 Å². The monoisotopic (exact) mass is 198 g/mol. The zero-order valence-electron chi connectivity index (χ0n) is 6.43. The van der Waals surface area contributed by atoms with Gasteiger partial charge in [-0.15, -0.1) is 0 Å². The molecule has 0 amide bonds. The van der Waals surface area contributed by atoms with Crippen molar-refractivity contribution in [2.45, 2.75) is 4.90 Å². The van der Waals surface area contributed by atoms with Gasteiger partial charge in [-0.05, 0) is 18.2 Å². The third-order valence-electron chi connectivity index (χ3n) is 1.44. The summed E-state index contributed by atoms with van der Waals surface area (Å²) in [5, 5.41) is 8.50. The number of hydrogen-bond donors (Lipinski definition) is 2. The first-order valence-electron chi connectivity index (χ1n) is 3.22. The first-order chi connectivity index (χ1) is 5.95. The lowest BCUT2D eigenvalue weighted by Gasteiger charge is -1.99. The molecule has 0 aliphatic heterocycles. The number of anilines is 1. The molecule has 0 atom stereocenters. The summed E-state index contributed by atoms with van der Waals surface area (Å²) >= 11 is 0. The van der Waals surface area contributed by atoms with Gasteiger partial charge in [-0.3, -0.25) is 4.55 Å². The number of nitrogen functional groups attached to an aromatic ring is 1. The summed E-state index contributed by atoms with van der Waals surface area (Å²) in [6, 6.07) is 5.11. The molecule has 0 aliphatic carbocycles. The second-order valence-electron chi connectivity index (χ2n) is 2.34. The summed E-state index contributed by atoms with van der Waals surface area (Å²) in [7, 11) is -4.26. The van der Waals surface area contributed by atoms with Crippen LogP contribution in [0.25, 0.3) is 0 Å². The van der Waals surface area contributed by atoms with E-state index >= 15 is 0 Å². The van der Waals surface area contributed by atoms with Crippen LogP contribution in [0.5, 0.6) is 0 Å². The van der Waals surface area contributed by atoms with Gasteiger partial charge in [-0.2, -0.15) is 13.7 Å². The zero-order valence-corrected chi connectivity index (χ0v) is 7.25. The second-order valence-corrected chi connectivity index (χ2v) is 3.76. The lowest BCUT2D eigenvalue weighted by atomic mass is 10.2. The Morgan fingerprint density at radius 2 is 2.08 bits per heavy atom. The highest BCUT2D eigenvalue weighted by Gasteiger charge is 2.10. The highest BCUT2D eigenvalue weighted by atomic mass is 32.2. The van der Waals surface area contributed by atoms with E-state index in [1.165, 1.54) is 6.07 Å². The Balaban J connectivity index is 3.41. The summed E-state index contributed by atoms with van der Waals surface area (Å²) in [5.41, 5.74) is 5.54. The van der Waals surface area contributed by atoms with Crippen molar-refractivity contribution in [3.8, 4) is 6.07 Å². The molecule has 0 aliphatic rings. The fraction of sp³-hybridized carbons (Fsp3) is 0. The number of hydrogen-bond acceptors (Lipinski definition) is 4. The molecule has 1 aromatic carbocycles. The summed E-state index contributed by atoms with van der Waals surface area (Å²) in [5.74, 6) is 0. The predicted molar refractivity (Wildman–Crippen MR) is 45.4 cm³/mol. The van der Waals surface area contributed by atoms with E-state index in [1.54, 1.807) is 6.07 Å². The number of nitrogens with two attached hydrogens (primary N) is 1. The lowest BCUT2D eigenvalue weighted by Crippen LogP contribution is -2.00. The Hall–Kier alpha value is -1.58. The Morgan fingerprint density at radius 3 is 2.54 bits per heavy atom. The van der Waals surface area contributed by atoms with Crippen molar-refractivity contribution in [2.75, 3.05) is 5.73 Å². The van der Waals surface area contributed by atoms with Gasteiger partial charge in [0.25, 0.3) is 10.1 Å². The molecule has 6 heteroatoms. The molecule has 0 aromatic heterocycles. The Bertz CT molecular complexity index is 473. The van der Waals surface area contributed by atoms with Crippen molar-refractivity contribution in [1.29, 1.82) is 5.26 Å². The average Bonchev–Trinajstić information content (AvgIpc) is 2.03. The van der Waals surface area contributed by atoms with Crippen LogP contribution in [0.15, 0.2) is 23.1 Å². The fourth-order valence-corrected chi connectivity index (χ4v) is 1.30. The molecule has 0 saturated carbocycles. The third-order valence-corrected chi connectivity index (χ3v) is 2.29. The number of benzene rings is 1. The minimum atomic E-state index is -4.26. The first kappa shape index (κ1) is 9.51. The molecule has 0 fully saturated rings. The van der Waals surface area contributed by atoms with Gasteiger partial charge in [-0.25, -0.2) is 0 Å². The van der Waals surface area contributed by atoms with Gasteiger partial charge in [0.1, 0.15) is 6.07 Å². The summed E-state index contributed by atoms with van der Waals surface area (Å²) in [6.07, 6.45) is 0. The van der Waals surface area contributed by atoms with Gasteiger partial charge in [-0.1, -0.05) is 0 Å². The van der Waals surface area contributed by atoms with Crippen LogP contribution in [-0.2, 0) is 10.1 Å². The SMILES string of the molecule is N#Cc1cc(S(=O)(=O)O)ccc1N. The van der Waals surface area contributed by atoms with E-state index in [-0.39, 0.29) is 16.1 Å². The van der Waals surface area contributed by atoms with Crippen molar-refractivity contribution in [2.24, 2.45) is 0 Å². The molecule has 0 heterocycles. The molecule has 68 valence electrons. The number of rotatable bonds is 1. The van der Waals surface area contributed by atoms with Crippen LogP contribution in [0, 0.1) is 11.3 Å². The average molecular weight is 198 g/mol. The molecule has 0 spiro atoms. The lowest BCUT2D eigenvalue weighted by molar-refractivity contribution is 0.483. The molecule has 5 nitrogen and oxygen atoms in total. The van der Waals surface area contributed by atoms with Crippen LogP contribution in [0.4, 0.5) is 5.69 Å². The minimum Gasteiger partial charge on any atom is -0.398 e. The standard InChI is InChI=1S/C7H6N2O3S/c8-4-5-3-6(13(10,11)12)1-2-7(5)9/h1-3H,9H2,(H,10,11,12). The molecule has 0 unspecified atom stereocenters. The Morgan fingerprint density at radius 1 is 1.46 bits per heavy atom. The Labute approximate surface area is 75.2 Å². The van der Waals surface area contributed by atoms with Crippen LogP contribution >= 0.6 is 0 Å². The summed E-state index contributed by atoms with van der Waals surface area (Å²) in [4.78, 5) is -0.335. The van der Waals surface area contributed by atoms with Gasteiger partial charge in [0.2, 0.25) is 0 Å². The molecular formula is C7H6N2O3S. The molecule has 1 aromatic rings.